The number of benzene rings is 1. The molecule has 0 bridgehead atoms. The SMILES string of the molecule is C#CCOc1ccc(Br)cc1/C=C1\SC(=O)N(CCCC)C1=O. The Morgan fingerprint density at radius 1 is 1.43 bits per heavy atom. The first-order valence-electron chi connectivity index (χ1n) is 7.18. The molecular formula is C17H16BrNO3S. The maximum Gasteiger partial charge on any atom is 0.293 e. The van der Waals surface area contributed by atoms with Crippen LogP contribution in [0, 0.1) is 12.3 Å². The van der Waals surface area contributed by atoms with Gasteiger partial charge >= 0.3 is 0 Å². The van der Waals surface area contributed by atoms with Crippen molar-refractivity contribution >= 4 is 44.9 Å². The molecule has 4 nitrogen and oxygen atoms in total. The number of hydrogen-bond donors (Lipinski definition) is 0. The van der Waals surface area contributed by atoms with Crippen molar-refractivity contribution in [3.8, 4) is 18.1 Å². The highest BCUT2D eigenvalue weighted by atomic mass is 79.9. The summed E-state index contributed by atoms with van der Waals surface area (Å²) in [6.45, 7) is 2.61. The first kappa shape index (κ1) is 17.6. The van der Waals surface area contributed by atoms with Crippen molar-refractivity contribution in [2.75, 3.05) is 13.2 Å². The number of unbranched alkanes of at least 4 members (excludes halogenated alkanes) is 1. The van der Waals surface area contributed by atoms with Crippen LogP contribution in [0.25, 0.3) is 6.08 Å². The number of carbonyl (C=O) groups is 2. The molecule has 1 aromatic carbocycles. The standard InChI is InChI=1S/C17H16BrNO3S/c1-3-5-8-19-16(20)15(23-17(19)21)11-12-10-13(18)6-7-14(12)22-9-4-2/h2,6-7,10-11H,3,5,8-9H2,1H3/b15-11-. The lowest BCUT2D eigenvalue weighted by molar-refractivity contribution is -0.122. The average Bonchev–Trinajstić information content (AvgIpc) is 2.79. The van der Waals surface area contributed by atoms with Gasteiger partial charge < -0.3 is 4.74 Å². The van der Waals surface area contributed by atoms with Crippen molar-refractivity contribution in [2.24, 2.45) is 0 Å². The van der Waals surface area contributed by atoms with Crippen LogP contribution in [0.5, 0.6) is 5.75 Å². The highest BCUT2D eigenvalue weighted by molar-refractivity contribution is 9.10. The van der Waals surface area contributed by atoms with Gasteiger partial charge in [-0.3, -0.25) is 14.5 Å². The Hall–Kier alpha value is -1.71. The molecule has 0 aliphatic carbocycles. The first-order valence-corrected chi connectivity index (χ1v) is 8.79. The van der Waals surface area contributed by atoms with Gasteiger partial charge in [-0.2, -0.15) is 0 Å². The molecule has 1 saturated heterocycles. The predicted molar refractivity (Wildman–Crippen MR) is 96.1 cm³/mol. The van der Waals surface area contributed by atoms with Gasteiger partial charge in [0.2, 0.25) is 0 Å². The molecule has 1 heterocycles. The molecule has 1 aliphatic heterocycles. The second kappa shape index (κ2) is 8.23. The number of imide groups is 1. The van der Waals surface area contributed by atoms with Crippen LogP contribution in [0.15, 0.2) is 27.6 Å². The van der Waals surface area contributed by atoms with Gasteiger partial charge in [-0.1, -0.05) is 35.2 Å². The minimum absolute atomic E-state index is 0.139. The highest BCUT2D eigenvalue weighted by Crippen LogP contribution is 2.35. The van der Waals surface area contributed by atoms with Gasteiger partial charge in [-0.05, 0) is 42.5 Å². The first-order chi connectivity index (χ1) is 11.1. The Balaban J connectivity index is 2.28. The summed E-state index contributed by atoms with van der Waals surface area (Å²) in [6, 6.07) is 5.43. The van der Waals surface area contributed by atoms with Crippen LogP contribution in [-0.2, 0) is 4.79 Å². The number of amides is 2. The molecule has 0 aromatic heterocycles. The average molecular weight is 394 g/mol. The van der Waals surface area contributed by atoms with Gasteiger partial charge in [0.15, 0.2) is 0 Å². The van der Waals surface area contributed by atoms with E-state index < -0.39 is 0 Å². The van der Waals surface area contributed by atoms with E-state index in [1.807, 2.05) is 19.1 Å². The van der Waals surface area contributed by atoms with Gasteiger partial charge in [0.1, 0.15) is 12.4 Å². The maximum absolute atomic E-state index is 12.4. The summed E-state index contributed by atoms with van der Waals surface area (Å²) < 4.78 is 6.33. The van der Waals surface area contributed by atoms with Crippen LogP contribution in [-0.4, -0.2) is 29.2 Å². The minimum atomic E-state index is -0.253. The molecule has 1 fully saturated rings. The van der Waals surface area contributed by atoms with Gasteiger partial charge in [-0.25, -0.2) is 0 Å². The van der Waals surface area contributed by atoms with E-state index in [0.717, 1.165) is 29.1 Å². The monoisotopic (exact) mass is 393 g/mol. The Morgan fingerprint density at radius 3 is 2.91 bits per heavy atom. The van der Waals surface area contributed by atoms with Crippen molar-refractivity contribution in [1.29, 1.82) is 0 Å². The third-order valence-corrected chi connectivity index (χ3v) is 4.58. The molecule has 0 saturated carbocycles. The second-order valence-electron chi connectivity index (χ2n) is 4.86. The zero-order valence-electron chi connectivity index (χ0n) is 12.7. The molecule has 2 amide bonds. The predicted octanol–water partition coefficient (Wildman–Crippen LogP) is 4.30. The lowest BCUT2D eigenvalue weighted by atomic mass is 10.2. The van der Waals surface area contributed by atoms with E-state index in [0.29, 0.717) is 22.8 Å². The normalized spacial score (nSPS) is 16.0. The Morgan fingerprint density at radius 2 is 2.22 bits per heavy atom. The summed E-state index contributed by atoms with van der Waals surface area (Å²) >= 11 is 4.35. The van der Waals surface area contributed by atoms with Gasteiger partial charge in [-0.15, -0.1) is 6.42 Å². The van der Waals surface area contributed by atoms with Crippen molar-refractivity contribution in [1.82, 2.24) is 4.90 Å². The number of halogens is 1. The van der Waals surface area contributed by atoms with E-state index in [1.54, 1.807) is 12.1 Å². The molecule has 0 spiro atoms. The number of ether oxygens (including phenoxy) is 1. The van der Waals surface area contributed by atoms with Crippen LogP contribution < -0.4 is 4.74 Å². The summed E-state index contributed by atoms with van der Waals surface area (Å²) in [5.41, 5.74) is 0.704. The summed E-state index contributed by atoms with van der Waals surface area (Å²) in [4.78, 5) is 26.0. The van der Waals surface area contributed by atoms with Crippen LogP contribution in [0.4, 0.5) is 4.79 Å². The zero-order chi connectivity index (χ0) is 16.8. The second-order valence-corrected chi connectivity index (χ2v) is 6.77. The number of thioether (sulfide) groups is 1. The van der Waals surface area contributed by atoms with E-state index in [1.165, 1.54) is 4.90 Å². The molecule has 23 heavy (non-hydrogen) atoms. The molecule has 0 unspecified atom stereocenters. The third-order valence-electron chi connectivity index (χ3n) is 3.18. The lowest BCUT2D eigenvalue weighted by Gasteiger charge is -2.11. The fraction of sp³-hybridized carbons (Fsp3) is 0.294. The molecule has 0 N–H and O–H groups in total. The van der Waals surface area contributed by atoms with E-state index in [4.69, 9.17) is 11.2 Å². The van der Waals surface area contributed by atoms with Gasteiger partial charge in [0, 0.05) is 16.6 Å². The maximum atomic E-state index is 12.4. The molecule has 0 radical (unpaired) electrons. The topological polar surface area (TPSA) is 46.6 Å². The van der Waals surface area contributed by atoms with Crippen LogP contribution >= 0.6 is 27.7 Å². The third kappa shape index (κ3) is 4.40. The summed E-state index contributed by atoms with van der Waals surface area (Å²) in [5.74, 6) is 2.73. The summed E-state index contributed by atoms with van der Waals surface area (Å²) in [5, 5.41) is -0.226. The zero-order valence-corrected chi connectivity index (χ0v) is 15.1. The van der Waals surface area contributed by atoms with Crippen molar-refractivity contribution in [2.45, 2.75) is 19.8 Å². The van der Waals surface area contributed by atoms with E-state index >= 15 is 0 Å². The number of rotatable bonds is 6. The van der Waals surface area contributed by atoms with Crippen molar-refractivity contribution in [3.63, 3.8) is 0 Å². The van der Waals surface area contributed by atoms with E-state index in [2.05, 4.69) is 21.9 Å². The molecule has 6 heteroatoms. The molecule has 2 rings (SSSR count). The lowest BCUT2D eigenvalue weighted by Crippen LogP contribution is -2.29. The fourth-order valence-corrected chi connectivity index (χ4v) is 3.27. The fourth-order valence-electron chi connectivity index (χ4n) is 2.03. The number of hydrogen-bond acceptors (Lipinski definition) is 4. The van der Waals surface area contributed by atoms with Crippen LogP contribution in [0.2, 0.25) is 0 Å². The van der Waals surface area contributed by atoms with Crippen LogP contribution in [0.3, 0.4) is 0 Å². The van der Waals surface area contributed by atoms with Crippen molar-refractivity contribution < 1.29 is 14.3 Å². The van der Waals surface area contributed by atoms with Crippen LogP contribution in [0.1, 0.15) is 25.3 Å². The minimum Gasteiger partial charge on any atom is -0.480 e. The molecule has 1 aliphatic rings. The van der Waals surface area contributed by atoms with E-state index in [9.17, 15) is 9.59 Å². The smallest absolute Gasteiger partial charge is 0.293 e. The van der Waals surface area contributed by atoms with Crippen molar-refractivity contribution in [3.05, 3.63) is 33.1 Å². The highest BCUT2D eigenvalue weighted by Gasteiger charge is 2.34. The number of nitrogens with zero attached hydrogens (tertiary/aromatic N) is 1. The summed E-state index contributed by atoms with van der Waals surface area (Å²) in [7, 11) is 0. The molecular weight excluding hydrogens is 378 g/mol. The van der Waals surface area contributed by atoms with Gasteiger partial charge in [0.05, 0.1) is 4.91 Å². The quantitative estimate of drug-likeness (QED) is 0.533. The largest absolute Gasteiger partial charge is 0.480 e. The Bertz CT molecular complexity index is 694. The van der Waals surface area contributed by atoms with Gasteiger partial charge in [0.25, 0.3) is 11.1 Å². The number of carbonyl (C=O) groups excluding carboxylic acids is 2. The Kier molecular flexibility index (Phi) is 6.31. The Labute approximate surface area is 148 Å². The number of terminal acetylenes is 1. The molecule has 0 atom stereocenters. The summed E-state index contributed by atoms with van der Waals surface area (Å²) in [6.07, 6.45) is 8.62. The van der Waals surface area contributed by atoms with E-state index in [-0.39, 0.29) is 17.8 Å². The molecule has 1 aromatic rings. The molecule has 120 valence electrons.